The second kappa shape index (κ2) is 6.72. The van der Waals surface area contributed by atoms with Crippen LogP contribution in [0.15, 0.2) is 42.7 Å². The first-order valence-electron chi connectivity index (χ1n) is 7.97. The molecule has 2 heterocycles. The van der Waals surface area contributed by atoms with Crippen molar-refractivity contribution < 1.29 is 13.2 Å². The monoisotopic (exact) mass is 360 g/mol. The first kappa shape index (κ1) is 17.2. The zero-order valence-corrected chi connectivity index (χ0v) is 14.9. The number of rotatable bonds is 4. The molecule has 0 saturated carbocycles. The van der Waals surface area contributed by atoms with Gasteiger partial charge in [0.05, 0.1) is 28.7 Å². The number of nitrogens with one attached hydrogen (secondary N) is 2. The molecule has 7 nitrogen and oxygen atoms in total. The van der Waals surface area contributed by atoms with Crippen molar-refractivity contribution in [2.75, 3.05) is 29.0 Å². The zero-order chi connectivity index (χ0) is 18.0. The molecule has 1 atom stereocenters. The highest BCUT2D eigenvalue weighted by Crippen LogP contribution is 2.34. The number of carbonyl (C=O) groups excluding carboxylic acids is 1. The van der Waals surface area contributed by atoms with Gasteiger partial charge in [-0.2, -0.15) is 0 Å². The number of hydrogen-bond acceptors (Lipinski definition) is 5. The fraction of sp³-hybridized carbons (Fsp3) is 0.294. The standard InChI is InChI=1S/C17H20N4O3S/c1-3-19-13-8-12(9-18-10-13)17(22)20-15-11-25(23,24)21(2)16-7-5-4-6-14(15)16/h4-10,15,19H,3,11H2,1-2H3,(H,20,22). The molecule has 0 radical (unpaired) electrons. The number of fused-ring (bicyclic) bond motifs is 1. The van der Waals surface area contributed by atoms with Crippen LogP contribution >= 0.6 is 0 Å². The lowest BCUT2D eigenvalue weighted by Gasteiger charge is -2.33. The number of amides is 1. The molecule has 1 aromatic heterocycles. The zero-order valence-electron chi connectivity index (χ0n) is 14.1. The minimum atomic E-state index is -3.48. The summed E-state index contributed by atoms with van der Waals surface area (Å²) in [6.45, 7) is 2.67. The van der Waals surface area contributed by atoms with Gasteiger partial charge in [-0.1, -0.05) is 18.2 Å². The third kappa shape index (κ3) is 3.43. The van der Waals surface area contributed by atoms with Gasteiger partial charge in [0.25, 0.3) is 5.91 Å². The predicted molar refractivity (Wildman–Crippen MR) is 97.2 cm³/mol. The highest BCUT2D eigenvalue weighted by Gasteiger charge is 2.34. The number of aromatic nitrogens is 1. The number of para-hydroxylation sites is 1. The first-order chi connectivity index (χ1) is 11.9. The molecule has 0 bridgehead atoms. The summed E-state index contributed by atoms with van der Waals surface area (Å²) in [5, 5.41) is 5.92. The Morgan fingerprint density at radius 3 is 2.84 bits per heavy atom. The Morgan fingerprint density at radius 1 is 1.32 bits per heavy atom. The molecule has 25 heavy (non-hydrogen) atoms. The summed E-state index contributed by atoms with van der Waals surface area (Å²) in [6.07, 6.45) is 3.10. The van der Waals surface area contributed by atoms with Crippen LogP contribution in [0.5, 0.6) is 0 Å². The van der Waals surface area contributed by atoms with Gasteiger partial charge in [0.2, 0.25) is 10.0 Å². The molecule has 2 aromatic rings. The van der Waals surface area contributed by atoms with Gasteiger partial charge in [0.15, 0.2) is 0 Å². The Labute approximate surface area is 147 Å². The maximum Gasteiger partial charge on any atom is 0.253 e. The van der Waals surface area contributed by atoms with Crippen LogP contribution in [0.2, 0.25) is 0 Å². The van der Waals surface area contributed by atoms with Crippen molar-refractivity contribution in [1.82, 2.24) is 10.3 Å². The van der Waals surface area contributed by atoms with E-state index >= 15 is 0 Å². The number of nitrogens with zero attached hydrogens (tertiary/aromatic N) is 2. The van der Waals surface area contributed by atoms with Crippen molar-refractivity contribution in [3.63, 3.8) is 0 Å². The molecule has 0 fully saturated rings. The van der Waals surface area contributed by atoms with Gasteiger partial charge in [-0.25, -0.2) is 8.42 Å². The highest BCUT2D eigenvalue weighted by atomic mass is 32.2. The quantitative estimate of drug-likeness (QED) is 0.867. The Bertz CT molecular complexity index is 898. The van der Waals surface area contributed by atoms with E-state index in [1.165, 1.54) is 17.5 Å². The Morgan fingerprint density at radius 2 is 2.08 bits per heavy atom. The molecule has 3 rings (SSSR count). The fourth-order valence-electron chi connectivity index (χ4n) is 2.86. The Kier molecular flexibility index (Phi) is 4.63. The van der Waals surface area contributed by atoms with E-state index in [-0.39, 0.29) is 11.7 Å². The van der Waals surface area contributed by atoms with Crippen LogP contribution in [0.4, 0.5) is 11.4 Å². The Hall–Kier alpha value is -2.61. The average molecular weight is 360 g/mol. The molecule has 2 N–H and O–H groups in total. The Balaban J connectivity index is 1.88. The summed E-state index contributed by atoms with van der Waals surface area (Å²) in [5.74, 6) is -0.529. The van der Waals surface area contributed by atoms with E-state index in [0.29, 0.717) is 17.8 Å². The number of anilines is 2. The van der Waals surface area contributed by atoms with E-state index in [2.05, 4.69) is 15.6 Å². The van der Waals surface area contributed by atoms with E-state index in [4.69, 9.17) is 0 Å². The molecule has 1 unspecified atom stereocenters. The van der Waals surface area contributed by atoms with Crippen LogP contribution in [-0.2, 0) is 10.0 Å². The third-order valence-corrected chi connectivity index (χ3v) is 5.92. The number of hydrogen-bond donors (Lipinski definition) is 2. The van der Waals surface area contributed by atoms with Crippen molar-refractivity contribution in [1.29, 1.82) is 0 Å². The molecule has 1 aliphatic heterocycles. The number of pyridine rings is 1. The average Bonchev–Trinajstić information content (AvgIpc) is 2.60. The molecule has 0 saturated heterocycles. The smallest absolute Gasteiger partial charge is 0.253 e. The van der Waals surface area contributed by atoms with Crippen molar-refractivity contribution in [3.05, 3.63) is 53.9 Å². The largest absolute Gasteiger partial charge is 0.384 e. The van der Waals surface area contributed by atoms with E-state index in [0.717, 1.165) is 11.3 Å². The van der Waals surface area contributed by atoms with Crippen LogP contribution in [0, 0.1) is 0 Å². The highest BCUT2D eigenvalue weighted by molar-refractivity contribution is 7.92. The van der Waals surface area contributed by atoms with Crippen LogP contribution < -0.4 is 14.9 Å². The van der Waals surface area contributed by atoms with Gasteiger partial charge >= 0.3 is 0 Å². The lowest BCUT2D eigenvalue weighted by molar-refractivity contribution is 0.0940. The molecule has 132 valence electrons. The second-order valence-electron chi connectivity index (χ2n) is 5.82. The van der Waals surface area contributed by atoms with E-state index in [1.54, 1.807) is 24.4 Å². The molecular formula is C17H20N4O3S. The van der Waals surface area contributed by atoms with Gasteiger partial charge in [-0.15, -0.1) is 0 Å². The molecule has 0 aliphatic carbocycles. The van der Waals surface area contributed by atoms with Crippen molar-refractivity contribution >= 4 is 27.3 Å². The number of carbonyl (C=O) groups is 1. The molecule has 8 heteroatoms. The van der Waals surface area contributed by atoms with Crippen molar-refractivity contribution in [2.45, 2.75) is 13.0 Å². The fourth-order valence-corrected chi connectivity index (χ4v) is 4.23. The molecule has 1 amide bonds. The van der Waals surface area contributed by atoms with E-state index in [9.17, 15) is 13.2 Å². The normalized spacial score (nSPS) is 18.3. The lowest BCUT2D eigenvalue weighted by Crippen LogP contribution is -2.43. The van der Waals surface area contributed by atoms with Crippen LogP contribution in [0.1, 0.15) is 28.9 Å². The van der Waals surface area contributed by atoms with Gasteiger partial charge in [-0.05, 0) is 24.6 Å². The van der Waals surface area contributed by atoms with Gasteiger partial charge in [0.1, 0.15) is 0 Å². The van der Waals surface area contributed by atoms with Gasteiger partial charge in [0, 0.05) is 26.0 Å². The van der Waals surface area contributed by atoms with Crippen LogP contribution in [0.3, 0.4) is 0 Å². The maximum atomic E-state index is 12.6. The summed E-state index contributed by atoms with van der Waals surface area (Å²) in [4.78, 5) is 16.6. The summed E-state index contributed by atoms with van der Waals surface area (Å²) in [5.41, 5.74) is 2.49. The summed E-state index contributed by atoms with van der Waals surface area (Å²) >= 11 is 0. The molecule has 0 spiro atoms. The van der Waals surface area contributed by atoms with Gasteiger partial charge < -0.3 is 10.6 Å². The minimum absolute atomic E-state index is 0.174. The second-order valence-corrected chi connectivity index (χ2v) is 7.87. The van der Waals surface area contributed by atoms with Crippen LogP contribution in [0.25, 0.3) is 0 Å². The molecular weight excluding hydrogens is 340 g/mol. The number of sulfonamides is 1. The summed E-state index contributed by atoms with van der Waals surface area (Å²) in [7, 11) is -1.95. The summed E-state index contributed by atoms with van der Waals surface area (Å²) in [6, 6.07) is 8.27. The van der Waals surface area contributed by atoms with E-state index < -0.39 is 16.1 Å². The predicted octanol–water partition coefficient (Wildman–Crippen LogP) is 1.76. The van der Waals surface area contributed by atoms with Crippen molar-refractivity contribution in [3.8, 4) is 0 Å². The van der Waals surface area contributed by atoms with Gasteiger partial charge in [-0.3, -0.25) is 14.1 Å². The van der Waals surface area contributed by atoms with E-state index in [1.807, 2.05) is 19.1 Å². The molecule has 1 aromatic carbocycles. The summed E-state index contributed by atoms with van der Waals surface area (Å²) < 4.78 is 26.0. The number of benzene rings is 1. The minimum Gasteiger partial charge on any atom is -0.384 e. The third-order valence-electron chi connectivity index (χ3n) is 4.13. The van der Waals surface area contributed by atoms with Crippen molar-refractivity contribution in [2.24, 2.45) is 0 Å². The SMILES string of the molecule is CCNc1cncc(C(=O)NC2CS(=O)(=O)N(C)c3ccccc32)c1. The van der Waals surface area contributed by atoms with Crippen LogP contribution in [-0.4, -0.2) is 38.7 Å². The lowest BCUT2D eigenvalue weighted by atomic mass is 10.1. The molecule has 1 aliphatic rings. The first-order valence-corrected chi connectivity index (χ1v) is 9.58. The maximum absolute atomic E-state index is 12.6. The topological polar surface area (TPSA) is 91.4 Å².